The topological polar surface area (TPSA) is 121 Å². The largest absolute Gasteiger partial charge is 0.481 e. The molecule has 1 aliphatic rings. The number of aliphatic carboxylic acids is 1. The number of aromatic nitrogens is 2. The van der Waals surface area contributed by atoms with E-state index in [0.717, 1.165) is 5.39 Å². The molecule has 1 N–H and O–H groups in total. The molecule has 9 heteroatoms. The van der Waals surface area contributed by atoms with E-state index in [1.807, 2.05) is 0 Å². The summed E-state index contributed by atoms with van der Waals surface area (Å²) in [6.45, 7) is 3.56. The summed E-state index contributed by atoms with van der Waals surface area (Å²) < 4.78 is 5.85. The normalized spacial score (nSPS) is 19.8. The first-order valence-electron chi connectivity index (χ1n) is 7.72. The predicted molar refractivity (Wildman–Crippen MR) is 91.5 cm³/mol. The van der Waals surface area contributed by atoms with Gasteiger partial charge in [0.2, 0.25) is 5.88 Å². The van der Waals surface area contributed by atoms with E-state index in [4.69, 9.17) is 27.0 Å². The molecule has 0 amide bonds. The Bertz CT molecular complexity index is 889. The van der Waals surface area contributed by atoms with Crippen LogP contribution in [-0.4, -0.2) is 27.1 Å². The van der Waals surface area contributed by atoms with Gasteiger partial charge in [-0.3, -0.25) is 4.79 Å². The van der Waals surface area contributed by atoms with Crippen molar-refractivity contribution in [3.8, 4) is 5.88 Å². The number of azide groups is 1. The predicted octanol–water partition coefficient (Wildman–Crippen LogP) is 4.07. The van der Waals surface area contributed by atoms with Crippen LogP contribution < -0.4 is 4.74 Å². The lowest BCUT2D eigenvalue weighted by Gasteiger charge is -2.32. The average molecular weight is 362 g/mol. The number of hydrogen-bond donors (Lipinski definition) is 1. The number of hydrogen-bond acceptors (Lipinski definition) is 5. The molecule has 0 aliphatic heterocycles. The average Bonchev–Trinajstić information content (AvgIpc) is 2.49. The molecule has 0 aromatic carbocycles. The number of halogens is 1. The number of carboxylic acid groups (broad SMARTS) is 1. The zero-order valence-electron chi connectivity index (χ0n) is 13.7. The van der Waals surface area contributed by atoms with Gasteiger partial charge in [-0.05, 0) is 35.4 Å². The van der Waals surface area contributed by atoms with Crippen LogP contribution in [0.4, 0.5) is 0 Å². The van der Waals surface area contributed by atoms with E-state index < -0.39 is 11.5 Å². The Kier molecular flexibility index (Phi) is 4.41. The van der Waals surface area contributed by atoms with Crippen LogP contribution in [0.5, 0.6) is 5.88 Å². The molecule has 0 saturated heterocycles. The van der Waals surface area contributed by atoms with E-state index in [-0.39, 0.29) is 12.0 Å². The van der Waals surface area contributed by atoms with Crippen LogP contribution in [0.2, 0.25) is 5.15 Å². The second-order valence-electron chi connectivity index (χ2n) is 6.52. The summed E-state index contributed by atoms with van der Waals surface area (Å²) in [6.07, 6.45) is 3.86. The van der Waals surface area contributed by atoms with E-state index in [2.05, 4.69) is 20.0 Å². The Morgan fingerprint density at radius 1 is 1.40 bits per heavy atom. The van der Waals surface area contributed by atoms with Crippen molar-refractivity contribution >= 4 is 28.3 Å². The second kappa shape index (κ2) is 6.38. The zero-order chi connectivity index (χ0) is 18.2. The van der Waals surface area contributed by atoms with Gasteiger partial charge < -0.3 is 9.84 Å². The van der Waals surface area contributed by atoms with Gasteiger partial charge in [0.05, 0.1) is 16.8 Å². The molecule has 0 bridgehead atoms. The number of carboxylic acids is 1. The summed E-state index contributed by atoms with van der Waals surface area (Å²) in [5, 5.41) is 14.5. The molecule has 3 rings (SSSR count). The number of nitrogens with zero attached hydrogens (tertiary/aromatic N) is 5. The Hall–Kier alpha value is -2.57. The summed E-state index contributed by atoms with van der Waals surface area (Å²) in [7, 11) is 0. The summed E-state index contributed by atoms with van der Waals surface area (Å²) >= 11 is 6.03. The Morgan fingerprint density at radius 2 is 2.12 bits per heavy atom. The number of rotatable bonds is 5. The fourth-order valence-corrected chi connectivity index (χ4v) is 3.01. The first-order valence-corrected chi connectivity index (χ1v) is 8.10. The number of ether oxygens (including phenoxy) is 1. The van der Waals surface area contributed by atoms with E-state index in [1.165, 1.54) is 0 Å². The lowest BCUT2D eigenvalue weighted by Crippen LogP contribution is -2.38. The third-order valence-electron chi connectivity index (χ3n) is 4.38. The van der Waals surface area contributed by atoms with E-state index in [1.54, 1.807) is 32.3 Å². The van der Waals surface area contributed by atoms with Crippen molar-refractivity contribution in [2.24, 2.45) is 11.0 Å². The van der Waals surface area contributed by atoms with Gasteiger partial charge in [-0.15, -0.1) is 0 Å². The van der Waals surface area contributed by atoms with Gasteiger partial charge in [0.25, 0.3) is 0 Å². The van der Waals surface area contributed by atoms with Crippen LogP contribution in [0.3, 0.4) is 0 Å². The van der Waals surface area contributed by atoms with Crippen molar-refractivity contribution in [3.63, 3.8) is 0 Å². The standard InChI is InChI=1S/C16H16ClN5O3/c1-16(2,21-22-18)12-7-20-14(11-6-19-13(17)5-10(11)12)25-9-3-8(4-9)15(23)24/h5-9H,3-4H2,1-2H3,(H,23,24). The lowest BCUT2D eigenvalue weighted by atomic mass is 9.82. The molecule has 25 heavy (non-hydrogen) atoms. The van der Waals surface area contributed by atoms with Crippen LogP contribution in [0.25, 0.3) is 21.2 Å². The fourth-order valence-electron chi connectivity index (χ4n) is 2.85. The number of carbonyl (C=O) groups is 1. The molecule has 0 atom stereocenters. The van der Waals surface area contributed by atoms with Crippen molar-refractivity contribution in [2.75, 3.05) is 0 Å². The van der Waals surface area contributed by atoms with Crippen molar-refractivity contribution in [2.45, 2.75) is 38.3 Å². The molecule has 2 heterocycles. The summed E-state index contributed by atoms with van der Waals surface area (Å²) in [5.74, 6) is -0.807. The van der Waals surface area contributed by atoms with Crippen LogP contribution in [0, 0.1) is 5.92 Å². The Labute approximate surface area is 148 Å². The van der Waals surface area contributed by atoms with Crippen LogP contribution in [-0.2, 0) is 10.3 Å². The highest BCUT2D eigenvalue weighted by Crippen LogP contribution is 2.38. The fraction of sp³-hybridized carbons (Fsp3) is 0.438. The van der Waals surface area contributed by atoms with Gasteiger partial charge in [-0.2, -0.15) is 0 Å². The molecule has 0 radical (unpaired) electrons. The SMILES string of the molecule is CC(C)(N=[N+]=[N-])c1cnc(OC2CC(C(=O)O)C2)c2cnc(Cl)cc12. The lowest BCUT2D eigenvalue weighted by molar-refractivity contribution is -0.148. The van der Waals surface area contributed by atoms with Gasteiger partial charge in [0, 0.05) is 17.3 Å². The van der Waals surface area contributed by atoms with E-state index >= 15 is 0 Å². The monoisotopic (exact) mass is 361 g/mol. The molecular formula is C16H16ClN5O3. The molecule has 2 aromatic rings. The molecule has 130 valence electrons. The highest BCUT2D eigenvalue weighted by Gasteiger charge is 2.36. The van der Waals surface area contributed by atoms with Gasteiger partial charge in [0.15, 0.2) is 0 Å². The smallest absolute Gasteiger partial charge is 0.306 e. The molecule has 2 aromatic heterocycles. The zero-order valence-corrected chi connectivity index (χ0v) is 14.4. The summed E-state index contributed by atoms with van der Waals surface area (Å²) in [6, 6.07) is 1.68. The van der Waals surface area contributed by atoms with Crippen molar-refractivity contribution in [3.05, 3.63) is 39.6 Å². The maximum atomic E-state index is 10.9. The van der Waals surface area contributed by atoms with Gasteiger partial charge >= 0.3 is 5.97 Å². The minimum Gasteiger partial charge on any atom is -0.481 e. The third-order valence-corrected chi connectivity index (χ3v) is 4.58. The summed E-state index contributed by atoms with van der Waals surface area (Å²) in [4.78, 5) is 22.2. The maximum Gasteiger partial charge on any atom is 0.306 e. The van der Waals surface area contributed by atoms with Crippen molar-refractivity contribution in [1.29, 1.82) is 0 Å². The molecule has 0 unspecified atom stereocenters. The highest BCUT2D eigenvalue weighted by molar-refractivity contribution is 6.30. The maximum absolute atomic E-state index is 10.9. The Balaban J connectivity index is 1.99. The second-order valence-corrected chi connectivity index (χ2v) is 6.91. The molecule has 0 spiro atoms. The van der Waals surface area contributed by atoms with Gasteiger partial charge in [-0.1, -0.05) is 30.6 Å². The molecule has 1 saturated carbocycles. The Morgan fingerprint density at radius 3 is 2.76 bits per heavy atom. The number of fused-ring (bicyclic) bond motifs is 1. The molecular weight excluding hydrogens is 346 g/mol. The van der Waals surface area contributed by atoms with E-state index in [9.17, 15) is 4.79 Å². The first-order chi connectivity index (χ1) is 11.8. The van der Waals surface area contributed by atoms with Crippen molar-refractivity contribution < 1.29 is 14.6 Å². The molecule has 8 nitrogen and oxygen atoms in total. The first kappa shape index (κ1) is 17.3. The van der Waals surface area contributed by atoms with Crippen molar-refractivity contribution in [1.82, 2.24) is 9.97 Å². The molecule has 1 aliphatic carbocycles. The van der Waals surface area contributed by atoms with Crippen LogP contribution in [0.15, 0.2) is 23.6 Å². The van der Waals surface area contributed by atoms with Crippen LogP contribution in [0.1, 0.15) is 32.3 Å². The van der Waals surface area contributed by atoms with Gasteiger partial charge in [-0.25, -0.2) is 9.97 Å². The summed E-state index contributed by atoms with van der Waals surface area (Å²) in [5.41, 5.74) is 8.68. The minimum atomic E-state index is -0.825. The number of pyridine rings is 2. The van der Waals surface area contributed by atoms with Crippen LogP contribution >= 0.6 is 11.6 Å². The van der Waals surface area contributed by atoms with Gasteiger partial charge in [0.1, 0.15) is 11.3 Å². The quantitative estimate of drug-likeness (QED) is 0.372. The highest BCUT2D eigenvalue weighted by atomic mass is 35.5. The third kappa shape index (κ3) is 3.31. The minimum absolute atomic E-state index is 0.191. The van der Waals surface area contributed by atoms with E-state index in [0.29, 0.717) is 34.8 Å². The molecule has 1 fully saturated rings.